The number of ether oxygens (including phenoxy) is 1. The molecule has 74 valence electrons. The van der Waals surface area contributed by atoms with E-state index in [-0.39, 0.29) is 11.6 Å². The molecule has 0 aliphatic rings. The highest BCUT2D eigenvalue weighted by molar-refractivity contribution is 7.09. The number of hydrogen-bond donors (Lipinski definition) is 1. The average molecular weight is 200 g/mol. The molecule has 1 aromatic rings. The average Bonchev–Trinajstić information content (AvgIpc) is 2.50. The maximum Gasteiger partial charge on any atom is 0.122 e. The van der Waals surface area contributed by atoms with Crippen molar-refractivity contribution in [1.82, 2.24) is 4.98 Å². The zero-order chi connectivity index (χ0) is 10.1. The third kappa shape index (κ3) is 2.49. The molecule has 4 heteroatoms. The van der Waals surface area contributed by atoms with E-state index in [1.165, 1.54) is 0 Å². The number of hydrogen-bond acceptors (Lipinski definition) is 4. The van der Waals surface area contributed by atoms with Crippen LogP contribution in [0.2, 0.25) is 0 Å². The van der Waals surface area contributed by atoms with Crippen molar-refractivity contribution in [2.75, 3.05) is 7.11 Å². The molecule has 0 spiro atoms. The van der Waals surface area contributed by atoms with Crippen LogP contribution in [-0.2, 0) is 10.3 Å². The summed E-state index contributed by atoms with van der Waals surface area (Å²) in [6.07, 6.45) is 0.0566. The number of aromatic nitrogens is 1. The predicted octanol–water partition coefficient (Wildman–Crippen LogP) is 2.04. The van der Waals surface area contributed by atoms with Gasteiger partial charge in [-0.1, -0.05) is 0 Å². The van der Waals surface area contributed by atoms with Gasteiger partial charge in [-0.05, 0) is 20.8 Å². The lowest BCUT2D eigenvalue weighted by Gasteiger charge is -2.14. The van der Waals surface area contributed by atoms with E-state index < -0.39 is 0 Å². The van der Waals surface area contributed by atoms with E-state index in [4.69, 9.17) is 10.5 Å². The fourth-order valence-electron chi connectivity index (χ4n) is 0.871. The second-order valence-electron chi connectivity index (χ2n) is 3.67. The smallest absolute Gasteiger partial charge is 0.122 e. The summed E-state index contributed by atoms with van der Waals surface area (Å²) in [5.41, 5.74) is 6.48. The predicted molar refractivity (Wildman–Crippen MR) is 54.8 cm³/mol. The van der Waals surface area contributed by atoms with Crippen molar-refractivity contribution in [1.29, 1.82) is 0 Å². The summed E-state index contributed by atoms with van der Waals surface area (Å²) < 4.78 is 5.17. The first kappa shape index (κ1) is 10.6. The molecule has 1 unspecified atom stereocenters. The summed E-state index contributed by atoms with van der Waals surface area (Å²) in [5, 5.41) is 2.97. The van der Waals surface area contributed by atoms with Gasteiger partial charge in [0.2, 0.25) is 0 Å². The monoisotopic (exact) mass is 200 g/mol. The summed E-state index contributed by atoms with van der Waals surface area (Å²) in [5.74, 6) is 0. The van der Waals surface area contributed by atoms with Crippen molar-refractivity contribution in [3.63, 3.8) is 0 Å². The van der Waals surface area contributed by atoms with Crippen LogP contribution in [0.15, 0.2) is 5.38 Å². The molecule has 0 amide bonds. The summed E-state index contributed by atoms with van der Waals surface area (Å²) >= 11 is 1.59. The van der Waals surface area contributed by atoms with Crippen LogP contribution in [0.1, 0.15) is 37.6 Å². The molecule has 3 nitrogen and oxygen atoms in total. The molecule has 1 heterocycles. The normalized spacial score (nSPS) is 14.5. The minimum atomic E-state index is -0.359. The minimum absolute atomic E-state index is 0.0566. The topological polar surface area (TPSA) is 48.1 Å². The third-order valence-corrected chi connectivity index (χ3v) is 2.89. The van der Waals surface area contributed by atoms with Crippen molar-refractivity contribution in [3.05, 3.63) is 16.1 Å². The minimum Gasteiger partial charge on any atom is -0.375 e. The maximum atomic E-state index is 5.92. The van der Waals surface area contributed by atoms with E-state index in [1.807, 2.05) is 26.2 Å². The van der Waals surface area contributed by atoms with E-state index in [0.717, 1.165) is 10.7 Å². The van der Waals surface area contributed by atoms with Gasteiger partial charge in [0, 0.05) is 12.5 Å². The molecule has 0 aliphatic heterocycles. The van der Waals surface area contributed by atoms with Crippen LogP contribution in [0.4, 0.5) is 0 Å². The van der Waals surface area contributed by atoms with Gasteiger partial charge in [0.05, 0.1) is 11.2 Å². The molecule has 1 rings (SSSR count). The van der Waals surface area contributed by atoms with Crippen LogP contribution in [0.3, 0.4) is 0 Å². The number of nitrogens with two attached hydrogens (primary N) is 1. The lowest BCUT2D eigenvalue weighted by molar-refractivity contribution is 0.119. The second kappa shape index (κ2) is 3.74. The van der Waals surface area contributed by atoms with Crippen molar-refractivity contribution in [2.24, 2.45) is 5.73 Å². The summed E-state index contributed by atoms with van der Waals surface area (Å²) in [6.45, 7) is 5.87. The van der Waals surface area contributed by atoms with Gasteiger partial charge in [-0.15, -0.1) is 11.3 Å². The summed E-state index contributed by atoms with van der Waals surface area (Å²) in [6, 6.07) is 0. The van der Waals surface area contributed by atoms with Gasteiger partial charge in [0.25, 0.3) is 0 Å². The first-order valence-electron chi connectivity index (χ1n) is 4.22. The third-order valence-electron chi connectivity index (χ3n) is 1.88. The number of methoxy groups -OCH3 is 1. The van der Waals surface area contributed by atoms with Crippen molar-refractivity contribution < 1.29 is 4.74 Å². The van der Waals surface area contributed by atoms with E-state index in [2.05, 4.69) is 4.98 Å². The summed E-state index contributed by atoms with van der Waals surface area (Å²) in [4.78, 5) is 4.42. The molecule has 1 atom stereocenters. The van der Waals surface area contributed by atoms with E-state index in [1.54, 1.807) is 18.4 Å². The van der Waals surface area contributed by atoms with Gasteiger partial charge in [0.1, 0.15) is 11.1 Å². The summed E-state index contributed by atoms with van der Waals surface area (Å²) in [7, 11) is 1.68. The molecule has 13 heavy (non-hydrogen) atoms. The van der Waals surface area contributed by atoms with Crippen LogP contribution in [0.25, 0.3) is 0 Å². The van der Waals surface area contributed by atoms with Crippen molar-refractivity contribution in [2.45, 2.75) is 32.4 Å². The zero-order valence-electron chi connectivity index (χ0n) is 8.50. The number of thiazole rings is 1. The first-order valence-corrected chi connectivity index (χ1v) is 5.10. The standard InChI is InChI=1S/C9H16N2OS/c1-6(12-4)8-11-7(5-13-8)9(2,3)10/h5-6H,10H2,1-4H3. The van der Waals surface area contributed by atoms with Crippen LogP contribution >= 0.6 is 11.3 Å². The maximum absolute atomic E-state index is 5.92. The van der Waals surface area contributed by atoms with Crippen LogP contribution in [0.5, 0.6) is 0 Å². The van der Waals surface area contributed by atoms with E-state index >= 15 is 0 Å². The van der Waals surface area contributed by atoms with Gasteiger partial charge in [0.15, 0.2) is 0 Å². The number of rotatable bonds is 3. The highest BCUT2D eigenvalue weighted by atomic mass is 32.1. The van der Waals surface area contributed by atoms with E-state index in [9.17, 15) is 0 Å². The molecular formula is C9H16N2OS. The van der Waals surface area contributed by atoms with Crippen LogP contribution in [0, 0.1) is 0 Å². The van der Waals surface area contributed by atoms with Crippen molar-refractivity contribution in [3.8, 4) is 0 Å². The molecule has 0 aliphatic carbocycles. The Bertz CT molecular complexity index is 277. The Kier molecular flexibility index (Phi) is 3.05. The molecule has 0 fully saturated rings. The quantitative estimate of drug-likeness (QED) is 0.812. The Balaban J connectivity index is 2.87. The van der Waals surface area contributed by atoms with Crippen molar-refractivity contribution >= 4 is 11.3 Å². The molecule has 1 aromatic heterocycles. The number of nitrogens with zero attached hydrogens (tertiary/aromatic N) is 1. The zero-order valence-corrected chi connectivity index (χ0v) is 9.31. The molecular weight excluding hydrogens is 184 g/mol. The Morgan fingerprint density at radius 1 is 1.62 bits per heavy atom. The van der Waals surface area contributed by atoms with Crippen LogP contribution in [-0.4, -0.2) is 12.1 Å². The van der Waals surface area contributed by atoms with E-state index in [0.29, 0.717) is 0 Å². The molecule has 0 aromatic carbocycles. The molecule has 0 saturated heterocycles. The van der Waals surface area contributed by atoms with Gasteiger partial charge in [-0.3, -0.25) is 0 Å². The Hall–Kier alpha value is -0.450. The van der Waals surface area contributed by atoms with Gasteiger partial charge < -0.3 is 10.5 Å². The SMILES string of the molecule is COC(C)c1nc(C(C)(C)N)cs1. The molecule has 0 radical (unpaired) electrons. The van der Waals surface area contributed by atoms with Gasteiger partial charge in [-0.2, -0.15) is 0 Å². The molecule has 2 N–H and O–H groups in total. The van der Waals surface area contributed by atoms with Gasteiger partial charge >= 0.3 is 0 Å². The Morgan fingerprint density at radius 2 is 2.23 bits per heavy atom. The highest BCUT2D eigenvalue weighted by Crippen LogP contribution is 2.24. The van der Waals surface area contributed by atoms with Crippen LogP contribution < -0.4 is 5.73 Å². The second-order valence-corrected chi connectivity index (χ2v) is 4.56. The lowest BCUT2D eigenvalue weighted by Crippen LogP contribution is -2.29. The largest absolute Gasteiger partial charge is 0.375 e. The van der Waals surface area contributed by atoms with Gasteiger partial charge in [-0.25, -0.2) is 4.98 Å². The fourth-order valence-corrected chi connectivity index (χ4v) is 1.90. The Labute approximate surface area is 82.9 Å². The first-order chi connectivity index (χ1) is 5.95. The lowest BCUT2D eigenvalue weighted by atomic mass is 10.0. The molecule has 0 saturated carbocycles. The highest BCUT2D eigenvalue weighted by Gasteiger charge is 2.19. The molecule has 0 bridgehead atoms. The Morgan fingerprint density at radius 3 is 2.62 bits per heavy atom. The fraction of sp³-hybridized carbons (Fsp3) is 0.667.